The van der Waals surface area contributed by atoms with Gasteiger partial charge >= 0.3 is 5.97 Å². The lowest BCUT2D eigenvalue weighted by atomic mass is 9.44. The molecule has 0 radical (unpaired) electrons. The summed E-state index contributed by atoms with van der Waals surface area (Å²) in [5.41, 5.74) is -5.57. The van der Waals surface area contributed by atoms with Crippen LogP contribution in [-0.2, 0) is 33.3 Å². The maximum Gasteiger partial charge on any atom is 0.332 e. The lowest BCUT2D eigenvalue weighted by Gasteiger charge is -2.62. The first-order chi connectivity index (χ1) is 18.9. The van der Waals surface area contributed by atoms with Crippen molar-refractivity contribution in [3.8, 4) is 0 Å². The second-order valence-corrected chi connectivity index (χ2v) is 12.1. The Morgan fingerprint density at radius 2 is 1.75 bits per heavy atom. The second kappa shape index (κ2) is 11.7. The molecule has 3 saturated carbocycles. The maximum absolute atomic E-state index is 17.2. The average Bonchev–Trinajstić information content (AvgIpc) is 3.11. The minimum absolute atomic E-state index is 0.137. The Hall–Kier alpha value is -1.98. The quantitative estimate of drug-likeness (QED) is 0.270. The summed E-state index contributed by atoms with van der Waals surface area (Å²) in [6.07, 6.45) is 4.09. The highest BCUT2D eigenvalue weighted by molar-refractivity contribution is 6.01. The fraction of sp³-hybridized carbons (Fsp3) is 0.767. The van der Waals surface area contributed by atoms with Gasteiger partial charge in [0.25, 0.3) is 0 Å². The van der Waals surface area contributed by atoms with Gasteiger partial charge in [-0.05, 0) is 63.5 Å². The molecular weight excluding hydrogens is 523 g/mol. The minimum Gasteiger partial charge on any atom is -0.456 e. The molecule has 0 heterocycles. The fourth-order valence-corrected chi connectivity index (χ4v) is 8.08. The van der Waals surface area contributed by atoms with Crippen LogP contribution in [-0.4, -0.2) is 91.4 Å². The lowest BCUT2D eigenvalue weighted by Crippen LogP contribution is -2.69. The summed E-state index contributed by atoms with van der Waals surface area (Å²) in [5.74, 6) is -3.16. The van der Waals surface area contributed by atoms with Crippen LogP contribution in [0.25, 0.3) is 0 Å². The monoisotopic (exact) mass is 566 g/mol. The zero-order valence-electron chi connectivity index (χ0n) is 23.9. The molecule has 0 amide bonds. The van der Waals surface area contributed by atoms with E-state index in [4.69, 9.17) is 18.9 Å². The Morgan fingerprint density at radius 1 is 1.07 bits per heavy atom. The van der Waals surface area contributed by atoms with E-state index in [1.165, 1.54) is 12.2 Å². The molecule has 224 valence electrons. The van der Waals surface area contributed by atoms with Gasteiger partial charge in [-0.1, -0.05) is 25.5 Å². The molecule has 0 aromatic carbocycles. The smallest absolute Gasteiger partial charge is 0.332 e. The fourth-order valence-electron chi connectivity index (χ4n) is 8.08. The summed E-state index contributed by atoms with van der Waals surface area (Å²) < 4.78 is 38.1. The van der Waals surface area contributed by atoms with E-state index in [1.807, 2.05) is 6.92 Å². The number of ether oxygens (including phenoxy) is 4. The number of fused-ring (bicyclic) bond motifs is 5. The van der Waals surface area contributed by atoms with Gasteiger partial charge < -0.3 is 29.2 Å². The van der Waals surface area contributed by atoms with Crippen molar-refractivity contribution >= 4 is 17.5 Å². The lowest BCUT2D eigenvalue weighted by molar-refractivity contribution is -0.220. The Bertz CT molecular complexity index is 1060. The SMILES string of the molecule is CCOCCOCCOCC(=O)OCC(=O)[C@@]1(O)[C@H](C)C[C@H]2[C@@H]3CCC4=CC(=O)C=C[C@]4(C)[C@@]3(F)[C@@H](O)C[C@@]21C. The Labute approximate surface area is 235 Å². The molecule has 4 rings (SSSR count). The largest absolute Gasteiger partial charge is 0.456 e. The van der Waals surface area contributed by atoms with E-state index in [0.29, 0.717) is 44.7 Å². The highest BCUT2D eigenvalue weighted by atomic mass is 19.1. The molecule has 4 aliphatic rings. The number of Topliss-reactive ketones (excluding diaryl/α,β-unsaturated/α-hetero) is 1. The van der Waals surface area contributed by atoms with Crippen LogP contribution in [0.1, 0.15) is 53.4 Å². The van der Waals surface area contributed by atoms with E-state index in [-0.39, 0.29) is 32.0 Å². The van der Waals surface area contributed by atoms with Gasteiger partial charge in [0.15, 0.2) is 18.1 Å². The van der Waals surface area contributed by atoms with E-state index in [9.17, 15) is 24.6 Å². The molecule has 0 aliphatic heterocycles. The average molecular weight is 567 g/mol. The molecule has 40 heavy (non-hydrogen) atoms. The summed E-state index contributed by atoms with van der Waals surface area (Å²) in [6, 6.07) is 0. The van der Waals surface area contributed by atoms with Gasteiger partial charge in [-0.3, -0.25) is 9.59 Å². The zero-order valence-corrected chi connectivity index (χ0v) is 23.9. The van der Waals surface area contributed by atoms with Crippen LogP contribution in [0.4, 0.5) is 4.39 Å². The molecule has 0 spiro atoms. The summed E-state index contributed by atoms with van der Waals surface area (Å²) >= 11 is 0. The van der Waals surface area contributed by atoms with Crippen molar-refractivity contribution in [1.82, 2.24) is 0 Å². The number of alkyl halides is 1. The highest BCUT2D eigenvalue weighted by Gasteiger charge is 2.75. The summed E-state index contributed by atoms with van der Waals surface area (Å²) in [4.78, 5) is 37.7. The van der Waals surface area contributed by atoms with Gasteiger partial charge in [0.1, 0.15) is 12.2 Å². The summed E-state index contributed by atoms with van der Waals surface area (Å²) in [6.45, 7) is 8.03. The van der Waals surface area contributed by atoms with Crippen molar-refractivity contribution in [2.45, 2.75) is 70.8 Å². The van der Waals surface area contributed by atoms with Crippen molar-refractivity contribution in [3.63, 3.8) is 0 Å². The number of aliphatic hydroxyl groups excluding tert-OH is 1. The van der Waals surface area contributed by atoms with E-state index in [1.54, 1.807) is 26.8 Å². The number of allylic oxidation sites excluding steroid dienone is 4. The zero-order chi connectivity index (χ0) is 29.3. The normalized spacial score (nSPS) is 40.2. The first-order valence-corrected chi connectivity index (χ1v) is 14.3. The van der Waals surface area contributed by atoms with Gasteiger partial charge in [-0.25, -0.2) is 9.18 Å². The van der Waals surface area contributed by atoms with Crippen LogP contribution in [0, 0.1) is 28.6 Å². The molecule has 10 heteroatoms. The van der Waals surface area contributed by atoms with Crippen LogP contribution in [0.5, 0.6) is 0 Å². The predicted octanol–water partition coefficient (Wildman–Crippen LogP) is 2.52. The van der Waals surface area contributed by atoms with Crippen LogP contribution < -0.4 is 0 Å². The third kappa shape index (κ3) is 4.89. The van der Waals surface area contributed by atoms with Gasteiger partial charge in [0, 0.05) is 23.4 Å². The Balaban J connectivity index is 1.40. The molecule has 8 atom stereocenters. The Morgan fingerprint density at radius 3 is 2.45 bits per heavy atom. The number of aliphatic hydroxyl groups is 2. The highest BCUT2D eigenvalue weighted by Crippen LogP contribution is 2.70. The van der Waals surface area contributed by atoms with Crippen molar-refractivity contribution in [2.24, 2.45) is 28.6 Å². The molecule has 0 unspecified atom stereocenters. The van der Waals surface area contributed by atoms with E-state index >= 15 is 4.39 Å². The van der Waals surface area contributed by atoms with E-state index in [2.05, 4.69) is 0 Å². The number of carbonyl (C=O) groups is 3. The van der Waals surface area contributed by atoms with Gasteiger partial charge in [0.2, 0.25) is 5.78 Å². The second-order valence-electron chi connectivity index (χ2n) is 12.1. The first kappa shape index (κ1) is 31.0. The summed E-state index contributed by atoms with van der Waals surface area (Å²) in [7, 11) is 0. The number of esters is 1. The third-order valence-electron chi connectivity index (χ3n) is 10.2. The predicted molar refractivity (Wildman–Crippen MR) is 142 cm³/mol. The number of halogens is 1. The number of ketones is 2. The first-order valence-electron chi connectivity index (χ1n) is 14.3. The van der Waals surface area contributed by atoms with Gasteiger partial charge in [-0.15, -0.1) is 0 Å². The topological polar surface area (TPSA) is 129 Å². The van der Waals surface area contributed by atoms with Crippen LogP contribution in [0.2, 0.25) is 0 Å². The van der Waals surface area contributed by atoms with Gasteiger partial charge in [-0.2, -0.15) is 0 Å². The molecule has 9 nitrogen and oxygen atoms in total. The number of rotatable bonds is 12. The molecule has 0 aromatic heterocycles. The Kier molecular flexibility index (Phi) is 9.07. The molecular formula is C30H43FO9. The number of carbonyl (C=O) groups excluding carboxylic acids is 3. The van der Waals surface area contributed by atoms with Crippen molar-refractivity contribution in [1.29, 1.82) is 0 Å². The van der Waals surface area contributed by atoms with Crippen molar-refractivity contribution in [2.75, 3.05) is 46.2 Å². The standard InChI is InChI=1S/C30H43FO9/c1-5-37-10-11-38-12-13-39-18-26(35)40-17-25(34)30(36)19(2)14-23-22-7-6-20-15-21(32)8-9-27(20,3)29(22,31)24(33)16-28(23,30)4/h8-9,15,19,22-24,33,36H,5-7,10-14,16-18H2,1-4H3/t19-,22+,23+,24+,27+,28+,29+,30+/m1/s1. The molecule has 4 aliphatic carbocycles. The molecule has 0 bridgehead atoms. The maximum atomic E-state index is 17.2. The van der Waals surface area contributed by atoms with Crippen LogP contribution in [0.3, 0.4) is 0 Å². The molecule has 0 aromatic rings. The van der Waals surface area contributed by atoms with Crippen LogP contribution in [0.15, 0.2) is 23.8 Å². The molecule has 3 fully saturated rings. The van der Waals surface area contributed by atoms with Crippen LogP contribution >= 0.6 is 0 Å². The molecule has 2 N–H and O–H groups in total. The van der Waals surface area contributed by atoms with E-state index < -0.39 is 64.3 Å². The third-order valence-corrected chi connectivity index (χ3v) is 10.2. The van der Waals surface area contributed by atoms with Crippen molar-refractivity contribution < 1.29 is 47.9 Å². The van der Waals surface area contributed by atoms with E-state index in [0.717, 1.165) is 0 Å². The van der Waals surface area contributed by atoms with Gasteiger partial charge in [0.05, 0.1) is 32.5 Å². The number of hydrogen-bond donors (Lipinski definition) is 2. The number of hydrogen-bond acceptors (Lipinski definition) is 9. The minimum atomic E-state index is -2.05. The summed E-state index contributed by atoms with van der Waals surface area (Å²) in [5, 5.41) is 23.4. The van der Waals surface area contributed by atoms with Crippen molar-refractivity contribution in [3.05, 3.63) is 23.8 Å². The molecule has 0 saturated heterocycles.